The van der Waals surface area contributed by atoms with E-state index in [1.807, 2.05) is 0 Å². The zero-order valence-electron chi connectivity index (χ0n) is 8.72. The van der Waals surface area contributed by atoms with Crippen LogP contribution in [-0.4, -0.2) is 31.2 Å². The quantitative estimate of drug-likeness (QED) is 0.771. The number of rotatable bonds is 5. The molecule has 0 radical (unpaired) electrons. The third-order valence-corrected chi connectivity index (χ3v) is 3.77. The zero-order valence-corrected chi connectivity index (χ0v) is 10.3. The maximum atomic E-state index is 11.8. The molecule has 7 heteroatoms. The van der Waals surface area contributed by atoms with Crippen molar-refractivity contribution >= 4 is 21.6 Å². The second-order valence-corrected chi connectivity index (χ2v) is 5.33. The molecule has 1 unspecified atom stereocenters. The Bertz CT molecular complexity index is 429. The SMILES string of the molecule is CCC(CO)NS(=O)(=O)c1ccc(Cl)nc1. The molecule has 1 aromatic rings. The number of hydrogen-bond donors (Lipinski definition) is 2. The highest BCUT2D eigenvalue weighted by molar-refractivity contribution is 7.89. The lowest BCUT2D eigenvalue weighted by atomic mass is 10.3. The molecule has 0 aliphatic heterocycles. The van der Waals surface area contributed by atoms with Crippen molar-refractivity contribution in [3.8, 4) is 0 Å². The van der Waals surface area contributed by atoms with Gasteiger partial charge in [0.1, 0.15) is 10.0 Å². The Morgan fingerprint density at radius 3 is 2.69 bits per heavy atom. The van der Waals surface area contributed by atoms with Crippen LogP contribution in [0.25, 0.3) is 0 Å². The molecule has 16 heavy (non-hydrogen) atoms. The Balaban J connectivity index is 2.89. The topological polar surface area (TPSA) is 79.3 Å². The summed E-state index contributed by atoms with van der Waals surface area (Å²) in [6.45, 7) is 1.54. The molecular formula is C9H13ClN2O3S. The number of pyridine rings is 1. The van der Waals surface area contributed by atoms with Crippen LogP contribution in [0.5, 0.6) is 0 Å². The normalized spacial score (nSPS) is 13.7. The van der Waals surface area contributed by atoms with E-state index in [0.29, 0.717) is 6.42 Å². The Morgan fingerprint density at radius 2 is 2.25 bits per heavy atom. The Morgan fingerprint density at radius 1 is 1.56 bits per heavy atom. The summed E-state index contributed by atoms with van der Waals surface area (Å²) in [5, 5.41) is 9.15. The summed E-state index contributed by atoms with van der Waals surface area (Å²) in [6.07, 6.45) is 1.69. The number of aromatic nitrogens is 1. The first-order valence-electron chi connectivity index (χ1n) is 4.74. The maximum absolute atomic E-state index is 11.8. The van der Waals surface area contributed by atoms with Crippen molar-refractivity contribution in [2.24, 2.45) is 0 Å². The molecule has 1 aromatic heterocycles. The number of aliphatic hydroxyl groups excluding tert-OH is 1. The number of hydrogen-bond acceptors (Lipinski definition) is 4. The third-order valence-electron chi connectivity index (χ3n) is 2.05. The maximum Gasteiger partial charge on any atom is 0.242 e. The molecule has 0 aliphatic rings. The van der Waals surface area contributed by atoms with E-state index >= 15 is 0 Å². The summed E-state index contributed by atoms with van der Waals surface area (Å²) < 4.78 is 25.9. The van der Waals surface area contributed by atoms with Crippen LogP contribution >= 0.6 is 11.6 Å². The van der Waals surface area contributed by atoms with Crippen molar-refractivity contribution in [2.75, 3.05) is 6.61 Å². The second kappa shape index (κ2) is 5.58. The Kier molecular flexibility index (Phi) is 4.67. The molecule has 0 fully saturated rings. The standard InChI is InChI=1S/C9H13ClN2O3S/c1-2-7(6-13)12-16(14,15)8-3-4-9(10)11-5-8/h3-5,7,12-13H,2,6H2,1H3. The monoisotopic (exact) mass is 264 g/mol. The van der Waals surface area contributed by atoms with Crippen LogP contribution in [-0.2, 0) is 10.0 Å². The number of halogens is 1. The number of aliphatic hydroxyl groups is 1. The van der Waals surface area contributed by atoms with E-state index in [2.05, 4.69) is 9.71 Å². The molecule has 0 aromatic carbocycles. The van der Waals surface area contributed by atoms with Crippen molar-refractivity contribution in [3.05, 3.63) is 23.5 Å². The molecule has 5 nitrogen and oxygen atoms in total. The highest BCUT2D eigenvalue weighted by Gasteiger charge is 2.18. The lowest BCUT2D eigenvalue weighted by molar-refractivity contribution is 0.254. The van der Waals surface area contributed by atoms with E-state index < -0.39 is 16.1 Å². The fourth-order valence-electron chi connectivity index (χ4n) is 1.06. The molecule has 0 aliphatic carbocycles. The fourth-order valence-corrected chi connectivity index (χ4v) is 2.42. The Hall–Kier alpha value is -0.690. The minimum Gasteiger partial charge on any atom is -0.395 e. The van der Waals surface area contributed by atoms with Gasteiger partial charge in [-0.2, -0.15) is 0 Å². The lowest BCUT2D eigenvalue weighted by Gasteiger charge is -2.13. The van der Waals surface area contributed by atoms with Crippen LogP contribution in [0.2, 0.25) is 5.15 Å². The number of sulfonamides is 1. The average molecular weight is 265 g/mol. The van der Waals surface area contributed by atoms with Gasteiger partial charge in [-0.15, -0.1) is 0 Å². The predicted octanol–water partition coefficient (Wildman–Crippen LogP) is 0.784. The summed E-state index contributed by atoms with van der Waals surface area (Å²) in [5.74, 6) is 0. The van der Waals surface area contributed by atoms with Crippen LogP contribution in [0.3, 0.4) is 0 Å². The first-order valence-corrected chi connectivity index (χ1v) is 6.60. The lowest BCUT2D eigenvalue weighted by Crippen LogP contribution is -2.36. The van der Waals surface area contributed by atoms with Crippen LogP contribution in [0, 0.1) is 0 Å². The molecule has 0 bridgehead atoms. The van der Waals surface area contributed by atoms with Crippen molar-refractivity contribution < 1.29 is 13.5 Å². The molecule has 1 heterocycles. The van der Waals surface area contributed by atoms with Gasteiger partial charge in [0.2, 0.25) is 10.0 Å². The fraction of sp³-hybridized carbons (Fsp3) is 0.444. The van der Waals surface area contributed by atoms with Gasteiger partial charge in [-0.05, 0) is 18.6 Å². The molecule has 1 atom stereocenters. The smallest absolute Gasteiger partial charge is 0.242 e. The molecule has 0 amide bonds. The van der Waals surface area contributed by atoms with E-state index in [1.165, 1.54) is 18.3 Å². The highest BCUT2D eigenvalue weighted by atomic mass is 35.5. The third kappa shape index (κ3) is 3.41. The van der Waals surface area contributed by atoms with Gasteiger partial charge in [0.15, 0.2) is 0 Å². The number of nitrogens with one attached hydrogen (secondary N) is 1. The summed E-state index contributed by atoms with van der Waals surface area (Å²) in [6, 6.07) is 2.28. The molecular weight excluding hydrogens is 252 g/mol. The van der Waals surface area contributed by atoms with Gasteiger partial charge >= 0.3 is 0 Å². The van der Waals surface area contributed by atoms with E-state index in [9.17, 15) is 8.42 Å². The van der Waals surface area contributed by atoms with Gasteiger partial charge in [-0.25, -0.2) is 18.1 Å². The van der Waals surface area contributed by atoms with Gasteiger partial charge in [0.25, 0.3) is 0 Å². The van der Waals surface area contributed by atoms with Crippen LogP contribution in [0.15, 0.2) is 23.2 Å². The second-order valence-electron chi connectivity index (χ2n) is 3.23. The van der Waals surface area contributed by atoms with E-state index in [-0.39, 0.29) is 16.7 Å². The van der Waals surface area contributed by atoms with Crippen molar-refractivity contribution in [3.63, 3.8) is 0 Å². The molecule has 0 saturated carbocycles. The van der Waals surface area contributed by atoms with Crippen molar-refractivity contribution in [1.82, 2.24) is 9.71 Å². The average Bonchev–Trinajstić information content (AvgIpc) is 2.26. The van der Waals surface area contributed by atoms with Crippen LogP contribution < -0.4 is 4.72 Å². The van der Waals surface area contributed by atoms with E-state index in [4.69, 9.17) is 16.7 Å². The molecule has 2 N–H and O–H groups in total. The number of nitrogens with zero attached hydrogens (tertiary/aromatic N) is 1. The van der Waals surface area contributed by atoms with Gasteiger partial charge in [-0.3, -0.25) is 0 Å². The predicted molar refractivity (Wildman–Crippen MR) is 60.7 cm³/mol. The minimum absolute atomic E-state index is 0.0313. The molecule has 0 spiro atoms. The summed E-state index contributed by atoms with van der Waals surface area (Å²) in [7, 11) is -3.63. The summed E-state index contributed by atoms with van der Waals surface area (Å²) in [5.41, 5.74) is 0. The largest absolute Gasteiger partial charge is 0.395 e. The minimum atomic E-state index is -3.63. The first-order chi connectivity index (χ1) is 7.49. The van der Waals surface area contributed by atoms with Gasteiger partial charge in [0.05, 0.1) is 6.61 Å². The molecule has 0 saturated heterocycles. The van der Waals surface area contributed by atoms with Gasteiger partial charge in [-0.1, -0.05) is 18.5 Å². The van der Waals surface area contributed by atoms with Gasteiger partial charge in [0, 0.05) is 12.2 Å². The Labute approximate surface area is 99.5 Å². The van der Waals surface area contributed by atoms with Crippen molar-refractivity contribution in [1.29, 1.82) is 0 Å². The zero-order chi connectivity index (χ0) is 12.2. The molecule has 90 valence electrons. The molecule has 1 rings (SSSR count). The van der Waals surface area contributed by atoms with E-state index in [1.54, 1.807) is 6.92 Å². The summed E-state index contributed by atoms with van der Waals surface area (Å²) in [4.78, 5) is 3.72. The van der Waals surface area contributed by atoms with Crippen LogP contribution in [0.1, 0.15) is 13.3 Å². The van der Waals surface area contributed by atoms with E-state index in [0.717, 1.165) is 0 Å². The van der Waals surface area contributed by atoms with Crippen molar-refractivity contribution in [2.45, 2.75) is 24.3 Å². The van der Waals surface area contributed by atoms with Crippen LogP contribution in [0.4, 0.5) is 0 Å². The summed E-state index contributed by atoms with van der Waals surface area (Å²) >= 11 is 5.56. The van der Waals surface area contributed by atoms with Gasteiger partial charge < -0.3 is 5.11 Å². The highest BCUT2D eigenvalue weighted by Crippen LogP contribution is 2.11. The first kappa shape index (κ1) is 13.4.